The molecule has 382 valence electrons. The highest BCUT2D eigenvalue weighted by Gasteiger charge is 2.54. The first-order valence-electron chi connectivity index (χ1n) is 26.8. The van der Waals surface area contributed by atoms with Crippen molar-refractivity contribution in [1.82, 2.24) is 0 Å². The topological polar surface area (TPSA) is 40.2 Å². The summed E-state index contributed by atoms with van der Waals surface area (Å²) < 4.78 is 26.4. The lowest BCUT2D eigenvalue weighted by molar-refractivity contribution is 0.00578. The number of hydrogen-bond donors (Lipinski definition) is 0. The van der Waals surface area contributed by atoms with Gasteiger partial charge in [-0.15, -0.1) is 0 Å². The van der Waals surface area contributed by atoms with Crippen LogP contribution in [0.5, 0.6) is 0 Å². The maximum absolute atomic E-state index is 6.61. The summed E-state index contributed by atoms with van der Waals surface area (Å²) in [7, 11) is -0.978. The van der Waals surface area contributed by atoms with Gasteiger partial charge in [-0.2, -0.15) is 0 Å². The molecule has 0 bridgehead atoms. The minimum atomic E-state index is -0.756. The fraction of sp³-hybridized carbons (Fsp3) is 0.455. The fourth-order valence-electron chi connectivity index (χ4n) is 10.9. The maximum Gasteiger partial charge on any atom is 0.494 e. The normalized spacial score (nSPS) is 22.2. The lowest BCUT2D eigenvalue weighted by Crippen LogP contribution is -2.41. The van der Waals surface area contributed by atoms with Gasteiger partial charge in [0.1, 0.15) is 0 Å². The third-order valence-corrected chi connectivity index (χ3v) is 17.2. The second-order valence-corrected chi connectivity index (χ2v) is 27.7. The van der Waals surface area contributed by atoms with Gasteiger partial charge in [0.25, 0.3) is 0 Å². The summed E-state index contributed by atoms with van der Waals surface area (Å²) in [6, 6.07) is 37.3. The van der Waals surface area contributed by atoms with Gasteiger partial charge < -0.3 is 23.5 Å². The predicted molar refractivity (Wildman–Crippen MR) is 310 cm³/mol. The monoisotopic (exact) mass is 976 g/mol. The molecule has 0 radical (unpaired) electrons. The van der Waals surface area contributed by atoms with Crippen LogP contribution in [0.1, 0.15) is 177 Å². The molecule has 5 aromatic carbocycles. The highest BCUT2D eigenvalue weighted by molar-refractivity contribution is 6.62. The van der Waals surface area contributed by atoms with Crippen LogP contribution >= 0.6 is 0 Å². The van der Waals surface area contributed by atoms with E-state index in [9.17, 15) is 0 Å². The maximum atomic E-state index is 6.61. The molecule has 0 amide bonds. The van der Waals surface area contributed by atoms with E-state index in [1.165, 1.54) is 55.6 Å². The van der Waals surface area contributed by atoms with E-state index in [0.717, 1.165) is 40.0 Å². The first kappa shape index (κ1) is 52.9. The highest BCUT2D eigenvalue weighted by Crippen LogP contribution is 2.62. The van der Waals surface area contributed by atoms with Crippen molar-refractivity contribution in [1.29, 1.82) is 0 Å². The van der Waals surface area contributed by atoms with Crippen LogP contribution in [0.4, 0.5) is 17.1 Å². The number of benzene rings is 5. The van der Waals surface area contributed by atoms with E-state index in [4.69, 9.17) is 25.2 Å². The average molecular weight is 976 g/mol. The minimum Gasteiger partial charge on any atom is -0.399 e. The van der Waals surface area contributed by atoms with Crippen molar-refractivity contribution in [2.75, 3.05) is 4.90 Å². The van der Waals surface area contributed by atoms with E-state index in [1.54, 1.807) is 0 Å². The fourth-order valence-corrected chi connectivity index (χ4v) is 10.9. The Morgan fingerprint density at radius 2 is 0.904 bits per heavy atom. The summed E-state index contributed by atoms with van der Waals surface area (Å²) in [6.07, 6.45) is 7.96. The van der Waals surface area contributed by atoms with Crippen LogP contribution in [0.15, 0.2) is 133 Å². The molecule has 5 nitrogen and oxygen atoms in total. The summed E-state index contributed by atoms with van der Waals surface area (Å²) >= 11 is 0. The Hall–Kier alpha value is -4.91. The van der Waals surface area contributed by atoms with E-state index in [1.807, 2.05) is 0 Å². The van der Waals surface area contributed by atoms with Crippen molar-refractivity contribution >= 4 is 42.2 Å². The molecule has 2 aliphatic carbocycles. The van der Waals surface area contributed by atoms with E-state index in [2.05, 4.69) is 259 Å². The lowest BCUT2D eigenvalue weighted by Gasteiger charge is -2.39. The van der Waals surface area contributed by atoms with Crippen LogP contribution < -0.4 is 15.8 Å². The molecular formula is C66H83B2NO4. The number of rotatable bonds is 5. The van der Waals surface area contributed by atoms with Crippen LogP contribution in [0, 0.1) is 5.41 Å². The Labute approximate surface area is 441 Å². The lowest BCUT2D eigenvalue weighted by atomic mass is 9.63. The third-order valence-electron chi connectivity index (χ3n) is 17.2. The van der Waals surface area contributed by atoms with Crippen LogP contribution in [-0.2, 0) is 46.7 Å². The molecule has 2 aliphatic heterocycles. The minimum absolute atomic E-state index is 0.0938. The molecule has 2 fully saturated rings. The Morgan fingerprint density at radius 3 is 1.34 bits per heavy atom. The molecule has 2 saturated heterocycles. The summed E-state index contributed by atoms with van der Waals surface area (Å²) in [6.45, 7) is 50.2. The van der Waals surface area contributed by atoms with Gasteiger partial charge in [0, 0.05) is 16.9 Å². The van der Waals surface area contributed by atoms with Crippen molar-refractivity contribution in [3.05, 3.63) is 172 Å². The third kappa shape index (κ3) is 9.06. The first-order chi connectivity index (χ1) is 33.6. The predicted octanol–water partition coefficient (Wildman–Crippen LogP) is 15.6. The Morgan fingerprint density at radius 1 is 0.479 bits per heavy atom. The SMILES string of the molecule is C=C1/C=C(C(C)(C)C)\C=C/Cc2ccc(C(C)(C)C)cc2C12c1cc(C(C)(C)C)ccc1-c1c(N(c3ccc(B4OC(C)(C)C(C)(C)O4)cc3)c3ccc(B4OC(C)(C)C(C)(C)O4)cc3)cc(C(C)(C)C)cc12. The van der Waals surface area contributed by atoms with Crippen molar-refractivity contribution in [2.45, 2.75) is 189 Å². The average Bonchev–Trinajstić information content (AvgIpc) is 3.81. The number of nitrogens with zero attached hydrogens (tertiary/aromatic N) is 1. The van der Waals surface area contributed by atoms with Gasteiger partial charge in [-0.25, -0.2) is 0 Å². The van der Waals surface area contributed by atoms with Crippen LogP contribution in [0.3, 0.4) is 0 Å². The van der Waals surface area contributed by atoms with E-state index >= 15 is 0 Å². The second kappa shape index (κ2) is 17.3. The van der Waals surface area contributed by atoms with Gasteiger partial charge in [0.05, 0.1) is 33.5 Å². The molecule has 2 heterocycles. The van der Waals surface area contributed by atoms with Gasteiger partial charge in [-0.3, -0.25) is 0 Å². The van der Waals surface area contributed by atoms with Gasteiger partial charge in [0.2, 0.25) is 0 Å². The molecular weight excluding hydrogens is 892 g/mol. The summed E-state index contributed by atoms with van der Waals surface area (Å²) in [5.74, 6) is 0. The number of anilines is 3. The molecule has 1 unspecified atom stereocenters. The Kier molecular flexibility index (Phi) is 12.6. The zero-order chi connectivity index (χ0) is 53.4. The molecule has 0 aromatic heterocycles. The van der Waals surface area contributed by atoms with Crippen molar-refractivity contribution in [2.24, 2.45) is 5.41 Å². The van der Waals surface area contributed by atoms with Gasteiger partial charge in [0.15, 0.2) is 0 Å². The molecule has 0 saturated carbocycles. The largest absolute Gasteiger partial charge is 0.494 e. The van der Waals surface area contributed by atoms with Gasteiger partial charge in [-0.05, 0) is 180 Å². The van der Waals surface area contributed by atoms with E-state index < -0.39 is 42.1 Å². The second-order valence-electron chi connectivity index (χ2n) is 27.7. The van der Waals surface area contributed by atoms with Crippen LogP contribution in [0.2, 0.25) is 0 Å². The molecule has 1 spiro atoms. The summed E-state index contributed by atoms with van der Waals surface area (Å²) in [4.78, 5) is 2.47. The zero-order valence-electron chi connectivity index (χ0n) is 48.1. The standard InChI is InChI=1S/C66H83B2NO4/c1-42-37-44(58(2,3)4)24-22-23-43-25-26-45(59(5,6)7)38-53(43)66(42)54-39-46(60(8,9)10)27-36-52(54)57-55(66)40-47(61(11,12)13)41-56(57)69(50-32-28-48(29-33-50)67-70-62(14,15)63(16,17)71-67)51-34-30-49(31-35-51)68-72-64(18,19)65(20,21)73-68/h22,24-41H,1,23H2,2-21H3/b24-22-,44-37+. The molecule has 73 heavy (non-hydrogen) atoms. The van der Waals surface area contributed by atoms with Crippen molar-refractivity contribution in [3.63, 3.8) is 0 Å². The Balaban J connectivity index is 1.39. The van der Waals surface area contributed by atoms with E-state index in [0.29, 0.717) is 0 Å². The first-order valence-corrected chi connectivity index (χ1v) is 26.8. The van der Waals surface area contributed by atoms with E-state index in [-0.39, 0.29) is 21.7 Å². The molecule has 4 aliphatic rings. The molecule has 1 atom stereocenters. The highest BCUT2D eigenvalue weighted by atomic mass is 16.7. The number of fused-ring (bicyclic) bond motifs is 7. The van der Waals surface area contributed by atoms with Crippen molar-refractivity contribution < 1.29 is 18.6 Å². The molecule has 9 rings (SSSR count). The number of hydrogen-bond acceptors (Lipinski definition) is 5. The molecule has 5 aromatic rings. The summed E-state index contributed by atoms with van der Waals surface area (Å²) in [5.41, 5.74) is 15.7. The van der Waals surface area contributed by atoms with Gasteiger partial charge >= 0.3 is 14.2 Å². The van der Waals surface area contributed by atoms with Crippen LogP contribution in [-0.4, -0.2) is 36.6 Å². The smallest absolute Gasteiger partial charge is 0.399 e. The zero-order valence-corrected chi connectivity index (χ0v) is 48.1. The Bertz CT molecular complexity index is 2940. The quantitative estimate of drug-likeness (QED) is 0.164. The molecule has 7 heteroatoms. The van der Waals surface area contributed by atoms with Crippen LogP contribution in [0.25, 0.3) is 11.1 Å². The summed E-state index contributed by atoms with van der Waals surface area (Å²) in [5, 5.41) is 0. The molecule has 0 N–H and O–H groups in total. The van der Waals surface area contributed by atoms with Gasteiger partial charge in [-0.1, -0.05) is 175 Å². The van der Waals surface area contributed by atoms with Crippen molar-refractivity contribution in [3.8, 4) is 11.1 Å². The number of allylic oxidation sites excluding steroid dienone is 5.